The molecule has 0 fully saturated rings. The van der Waals surface area contributed by atoms with E-state index in [2.05, 4.69) is 6.58 Å². The Morgan fingerprint density at radius 3 is 2.40 bits per heavy atom. The van der Waals surface area contributed by atoms with Gasteiger partial charge in [-0.05, 0) is 32.1 Å². The van der Waals surface area contributed by atoms with Crippen molar-refractivity contribution in [2.24, 2.45) is 11.1 Å². The van der Waals surface area contributed by atoms with Crippen molar-refractivity contribution in [3.63, 3.8) is 0 Å². The second-order valence-electron chi connectivity index (χ2n) is 3.88. The highest BCUT2D eigenvalue weighted by Crippen LogP contribution is 2.21. The van der Waals surface area contributed by atoms with Gasteiger partial charge in [-0.15, -0.1) is 6.58 Å². The van der Waals surface area contributed by atoms with Gasteiger partial charge in [-0.3, -0.25) is 0 Å². The number of sulfonamides is 1. The minimum Gasteiger partial charge on any atom is -0.393 e. The Hall–Kier alpha value is -0.390. The molecule has 5 heteroatoms. The van der Waals surface area contributed by atoms with E-state index in [1.165, 1.54) is 0 Å². The molecule has 3 N–H and O–H groups in total. The SMILES string of the molecule is C=CC[C@H](C[C@H](O)CC)[C@H](C)S(N)(=O)=O. The zero-order valence-electron chi connectivity index (χ0n) is 9.39. The summed E-state index contributed by atoms with van der Waals surface area (Å²) in [6.45, 7) is 7.01. The Morgan fingerprint density at radius 1 is 1.53 bits per heavy atom. The molecular weight excluding hydrogens is 214 g/mol. The van der Waals surface area contributed by atoms with Gasteiger partial charge in [0.15, 0.2) is 0 Å². The van der Waals surface area contributed by atoms with Gasteiger partial charge in [0.1, 0.15) is 0 Å². The van der Waals surface area contributed by atoms with Crippen LogP contribution in [-0.2, 0) is 10.0 Å². The Bertz CT molecular complexity index is 287. The average Bonchev–Trinajstić information content (AvgIpc) is 2.14. The molecule has 4 nitrogen and oxygen atoms in total. The van der Waals surface area contributed by atoms with E-state index in [1.54, 1.807) is 13.0 Å². The van der Waals surface area contributed by atoms with Crippen molar-refractivity contribution in [3.05, 3.63) is 12.7 Å². The molecule has 0 aromatic rings. The molecule has 0 amide bonds. The van der Waals surface area contributed by atoms with E-state index < -0.39 is 21.4 Å². The number of hydrogen-bond donors (Lipinski definition) is 2. The maximum Gasteiger partial charge on any atom is 0.211 e. The molecule has 0 bridgehead atoms. The second-order valence-corrected chi connectivity index (χ2v) is 5.80. The number of aliphatic hydroxyl groups is 1. The van der Waals surface area contributed by atoms with E-state index in [1.807, 2.05) is 6.92 Å². The highest BCUT2D eigenvalue weighted by molar-refractivity contribution is 7.89. The lowest BCUT2D eigenvalue weighted by Gasteiger charge is -2.23. The van der Waals surface area contributed by atoms with Gasteiger partial charge >= 0.3 is 0 Å². The van der Waals surface area contributed by atoms with Crippen molar-refractivity contribution in [1.29, 1.82) is 0 Å². The van der Waals surface area contributed by atoms with Crippen LogP contribution in [0.3, 0.4) is 0 Å². The summed E-state index contributed by atoms with van der Waals surface area (Å²) >= 11 is 0. The van der Waals surface area contributed by atoms with Crippen LogP contribution in [-0.4, -0.2) is 24.9 Å². The van der Waals surface area contributed by atoms with Crippen LogP contribution in [0.25, 0.3) is 0 Å². The Balaban J connectivity index is 4.58. The minimum absolute atomic E-state index is 0.160. The van der Waals surface area contributed by atoms with Crippen LogP contribution in [0.1, 0.15) is 33.1 Å². The van der Waals surface area contributed by atoms with E-state index in [-0.39, 0.29) is 5.92 Å². The third kappa shape index (κ3) is 5.30. The number of nitrogens with two attached hydrogens (primary N) is 1. The van der Waals surface area contributed by atoms with Gasteiger partial charge in [0.25, 0.3) is 0 Å². The number of allylic oxidation sites excluding steroid dienone is 1. The van der Waals surface area contributed by atoms with Gasteiger partial charge in [0.05, 0.1) is 11.4 Å². The highest BCUT2D eigenvalue weighted by Gasteiger charge is 2.27. The van der Waals surface area contributed by atoms with E-state index in [0.29, 0.717) is 19.3 Å². The normalized spacial score (nSPS) is 18.1. The van der Waals surface area contributed by atoms with Gasteiger partial charge in [0, 0.05) is 0 Å². The molecule has 0 spiro atoms. The average molecular weight is 235 g/mol. The summed E-state index contributed by atoms with van der Waals surface area (Å²) in [7, 11) is -3.54. The first-order chi connectivity index (χ1) is 6.82. The number of aliphatic hydroxyl groups excluding tert-OH is 1. The predicted molar refractivity (Wildman–Crippen MR) is 61.8 cm³/mol. The topological polar surface area (TPSA) is 80.4 Å². The summed E-state index contributed by atoms with van der Waals surface area (Å²) in [6.07, 6.45) is 2.80. The first kappa shape index (κ1) is 14.6. The van der Waals surface area contributed by atoms with Crippen molar-refractivity contribution >= 4 is 10.0 Å². The van der Waals surface area contributed by atoms with Crippen LogP contribution in [0, 0.1) is 5.92 Å². The van der Waals surface area contributed by atoms with E-state index in [4.69, 9.17) is 5.14 Å². The molecule has 0 aromatic carbocycles. The van der Waals surface area contributed by atoms with E-state index in [0.717, 1.165) is 0 Å². The molecule has 0 unspecified atom stereocenters. The molecule has 3 atom stereocenters. The quantitative estimate of drug-likeness (QED) is 0.646. The summed E-state index contributed by atoms with van der Waals surface area (Å²) in [5.41, 5.74) is 0. The fraction of sp³-hybridized carbons (Fsp3) is 0.800. The first-order valence-electron chi connectivity index (χ1n) is 5.13. The maximum atomic E-state index is 11.2. The van der Waals surface area contributed by atoms with Crippen molar-refractivity contribution in [2.75, 3.05) is 0 Å². The molecule has 0 aliphatic heterocycles. The summed E-state index contributed by atoms with van der Waals surface area (Å²) in [5.74, 6) is -0.160. The molecule has 0 rings (SSSR count). The number of primary sulfonamides is 1. The van der Waals surface area contributed by atoms with Crippen LogP contribution >= 0.6 is 0 Å². The van der Waals surface area contributed by atoms with Gasteiger partial charge in [-0.2, -0.15) is 0 Å². The molecule has 0 radical (unpaired) electrons. The van der Waals surface area contributed by atoms with Crippen molar-refractivity contribution in [3.8, 4) is 0 Å². The molecule has 0 aromatic heterocycles. The fourth-order valence-corrected chi connectivity index (χ4v) is 2.24. The predicted octanol–water partition coefficient (Wildman–Crippen LogP) is 1.02. The van der Waals surface area contributed by atoms with E-state index in [9.17, 15) is 13.5 Å². The lowest BCUT2D eigenvalue weighted by Crippen LogP contribution is -2.34. The lowest BCUT2D eigenvalue weighted by atomic mass is 9.94. The van der Waals surface area contributed by atoms with Gasteiger partial charge in [0.2, 0.25) is 10.0 Å². The Kier molecular flexibility index (Phi) is 6.09. The fourth-order valence-electron chi connectivity index (χ4n) is 1.48. The monoisotopic (exact) mass is 235 g/mol. The number of rotatable bonds is 7. The maximum absolute atomic E-state index is 11.2. The molecule has 90 valence electrons. The van der Waals surface area contributed by atoms with Crippen LogP contribution in [0.5, 0.6) is 0 Å². The Labute approximate surface area is 92.2 Å². The van der Waals surface area contributed by atoms with Crippen molar-refractivity contribution in [1.82, 2.24) is 0 Å². The molecule has 15 heavy (non-hydrogen) atoms. The highest BCUT2D eigenvalue weighted by atomic mass is 32.2. The smallest absolute Gasteiger partial charge is 0.211 e. The zero-order valence-corrected chi connectivity index (χ0v) is 10.2. The minimum atomic E-state index is -3.54. The second kappa shape index (κ2) is 6.25. The van der Waals surface area contributed by atoms with Crippen molar-refractivity contribution < 1.29 is 13.5 Å². The van der Waals surface area contributed by atoms with Crippen LogP contribution < -0.4 is 5.14 Å². The van der Waals surface area contributed by atoms with Crippen molar-refractivity contribution in [2.45, 2.75) is 44.5 Å². The summed E-state index contributed by atoms with van der Waals surface area (Å²) in [5, 5.41) is 13.9. The first-order valence-corrected chi connectivity index (χ1v) is 6.74. The van der Waals surface area contributed by atoms with Crippen LogP contribution in [0.2, 0.25) is 0 Å². The molecule has 0 aliphatic carbocycles. The molecule has 0 saturated carbocycles. The number of hydrogen-bond acceptors (Lipinski definition) is 3. The third-order valence-corrected chi connectivity index (χ3v) is 4.12. The standard InChI is InChI=1S/C10H21NO3S/c1-4-6-9(7-10(12)5-2)8(3)15(11,13)14/h4,8-10,12H,1,5-7H2,2-3H3,(H2,11,13,14)/t8-,9+,10+/m0/s1. The molecule has 0 aliphatic rings. The summed E-state index contributed by atoms with van der Waals surface area (Å²) in [6, 6.07) is 0. The summed E-state index contributed by atoms with van der Waals surface area (Å²) in [4.78, 5) is 0. The molecule has 0 saturated heterocycles. The van der Waals surface area contributed by atoms with E-state index >= 15 is 0 Å². The van der Waals surface area contributed by atoms with Crippen LogP contribution in [0.4, 0.5) is 0 Å². The van der Waals surface area contributed by atoms with Crippen LogP contribution in [0.15, 0.2) is 12.7 Å². The largest absolute Gasteiger partial charge is 0.393 e. The third-order valence-electron chi connectivity index (χ3n) is 2.70. The lowest BCUT2D eigenvalue weighted by molar-refractivity contribution is 0.138. The van der Waals surface area contributed by atoms with Gasteiger partial charge in [-0.25, -0.2) is 13.6 Å². The summed E-state index contributed by atoms with van der Waals surface area (Å²) < 4.78 is 22.4. The van der Waals surface area contributed by atoms with Gasteiger partial charge < -0.3 is 5.11 Å². The molecular formula is C10H21NO3S. The molecule has 0 heterocycles. The Morgan fingerprint density at radius 2 is 2.07 bits per heavy atom. The van der Waals surface area contributed by atoms with Gasteiger partial charge in [-0.1, -0.05) is 13.0 Å². The zero-order chi connectivity index (χ0) is 12.1.